The van der Waals surface area contributed by atoms with Crippen molar-refractivity contribution in [1.29, 1.82) is 0 Å². The number of ether oxygens (including phenoxy) is 3. The number of carbonyl (C=O) groups excluding carboxylic acids is 2. The van der Waals surface area contributed by atoms with Crippen molar-refractivity contribution in [3.8, 4) is 17.0 Å². The molecule has 1 N–H and O–H groups in total. The number of amides is 2. The molecule has 1 fully saturated rings. The summed E-state index contributed by atoms with van der Waals surface area (Å²) in [6.07, 6.45) is 6.21. The number of fused-ring (bicyclic) bond motifs is 2. The third-order valence-electron chi connectivity index (χ3n) is 5.42. The Bertz CT molecular complexity index is 1170. The van der Waals surface area contributed by atoms with Gasteiger partial charge in [-0.15, -0.1) is 0 Å². The predicted octanol–water partition coefficient (Wildman–Crippen LogP) is 2.87. The van der Waals surface area contributed by atoms with Crippen molar-refractivity contribution in [3.63, 3.8) is 0 Å². The number of carbonyl (C=O) groups is 2. The van der Waals surface area contributed by atoms with E-state index in [4.69, 9.17) is 14.2 Å². The Morgan fingerprint density at radius 3 is 2.81 bits per heavy atom. The standard InChI is InChI=1S/C22H23N5O5/c1-14(28)24-19-13-26-12-15(2-3-20(26)25-19)16-10-18-21(23-11-16)31-9-6-27(18)22(29)32-17-4-7-30-8-5-17/h2-3,10-13,17H,4-9H2,1H3,(H,24,28). The zero-order valence-corrected chi connectivity index (χ0v) is 17.6. The molecular weight excluding hydrogens is 414 g/mol. The fraction of sp³-hybridized carbons (Fsp3) is 0.364. The highest BCUT2D eigenvalue weighted by Crippen LogP contribution is 2.34. The summed E-state index contributed by atoms with van der Waals surface area (Å²) in [5.41, 5.74) is 2.97. The molecule has 0 aliphatic carbocycles. The van der Waals surface area contributed by atoms with E-state index in [0.29, 0.717) is 62.2 Å². The van der Waals surface area contributed by atoms with Crippen molar-refractivity contribution in [2.45, 2.75) is 25.9 Å². The minimum absolute atomic E-state index is 0.139. The third kappa shape index (κ3) is 4.09. The van der Waals surface area contributed by atoms with E-state index in [1.807, 2.05) is 28.8 Å². The van der Waals surface area contributed by atoms with Crippen molar-refractivity contribution in [2.75, 3.05) is 36.6 Å². The second-order valence-electron chi connectivity index (χ2n) is 7.73. The SMILES string of the molecule is CC(=O)Nc1cn2cc(-c3cnc4c(c3)N(C(=O)OC3CCOCC3)CCO4)ccc2n1. The average molecular weight is 437 g/mol. The molecule has 2 amide bonds. The van der Waals surface area contributed by atoms with Crippen LogP contribution in [0.25, 0.3) is 16.8 Å². The van der Waals surface area contributed by atoms with E-state index >= 15 is 0 Å². The minimum Gasteiger partial charge on any atom is -0.474 e. The number of nitrogens with one attached hydrogen (secondary N) is 1. The molecule has 2 aliphatic rings. The van der Waals surface area contributed by atoms with Crippen LogP contribution in [-0.2, 0) is 14.3 Å². The van der Waals surface area contributed by atoms with Gasteiger partial charge in [0, 0.05) is 43.3 Å². The second kappa shape index (κ2) is 8.46. The lowest BCUT2D eigenvalue weighted by Gasteiger charge is -2.31. The van der Waals surface area contributed by atoms with Crippen LogP contribution in [0.3, 0.4) is 0 Å². The van der Waals surface area contributed by atoms with Gasteiger partial charge >= 0.3 is 6.09 Å². The van der Waals surface area contributed by atoms with E-state index in [1.54, 1.807) is 17.3 Å². The highest BCUT2D eigenvalue weighted by Gasteiger charge is 2.29. The molecule has 5 heterocycles. The maximum Gasteiger partial charge on any atom is 0.414 e. The monoisotopic (exact) mass is 437 g/mol. The quantitative estimate of drug-likeness (QED) is 0.671. The maximum atomic E-state index is 12.9. The van der Waals surface area contributed by atoms with E-state index in [-0.39, 0.29) is 12.0 Å². The molecule has 0 spiro atoms. The van der Waals surface area contributed by atoms with Crippen LogP contribution < -0.4 is 15.0 Å². The van der Waals surface area contributed by atoms with E-state index in [9.17, 15) is 9.59 Å². The fourth-order valence-electron chi connectivity index (χ4n) is 3.85. The number of nitrogens with zero attached hydrogens (tertiary/aromatic N) is 4. The van der Waals surface area contributed by atoms with Crippen LogP contribution in [0.5, 0.6) is 5.88 Å². The molecule has 10 heteroatoms. The first-order valence-corrected chi connectivity index (χ1v) is 10.5. The molecule has 32 heavy (non-hydrogen) atoms. The highest BCUT2D eigenvalue weighted by molar-refractivity contribution is 5.91. The molecule has 5 rings (SSSR count). The van der Waals surface area contributed by atoms with Crippen LogP contribution in [-0.4, -0.2) is 58.8 Å². The van der Waals surface area contributed by atoms with Crippen LogP contribution in [0.2, 0.25) is 0 Å². The van der Waals surface area contributed by atoms with Gasteiger partial charge in [0.2, 0.25) is 11.8 Å². The molecule has 0 bridgehead atoms. The van der Waals surface area contributed by atoms with Crippen LogP contribution in [0.1, 0.15) is 19.8 Å². The Hall–Kier alpha value is -3.66. The van der Waals surface area contributed by atoms with Crippen molar-refractivity contribution in [1.82, 2.24) is 14.4 Å². The number of anilines is 2. The number of hydrogen-bond donors (Lipinski definition) is 1. The average Bonchev–Trinajstić information content (AvgIpc) is 3.19. The lowest BCUT2D eigenvalue weighted by Crippen LogP contribution is -2.41. The summed E-state index contributed by atoms with van der Waals surface area (Å²) in [5.74, 6) is 0.703. The first-order chi connectivity index (χ1) is 15.6. The summed E-state index contributed by atoms with van der Waals surface area (Å²) in [5, 5.41) is 2.68. The smallest absolute Gasteiger partial charge is 0.414 e. The van der Waals surface area contributed by atoms with Crippen molar-refractivity contribution >= 4 is 29.2 Å². The van der Waals surface area contributed by atoms with Gasteiger partial charge in [0.15, 0.2) is 5.82 Å². The summed E-state index contributed by atoms with van der Waals surface area (Å²) in [7, 11) is 0. The van der Waals surface area contributed by atoms with Crippen molar-refractivity contribution in [3.05, 3.63) is 36.8 Å². The molecule has 3 aromatic rings. The Morgan fingerprint density at radius 1 is 1.16 bits per heavy atom. The molecule has 1 saturated heterocycles. The Kier molecular flexibility index (Phi) is 5.36. The van der Waals surface area contributed by atoms with Crippen LogP contribution in [0.15, 0.2) is 36.8 Å². The summed E-state index contributed by atoms with van der Waals surface area (Å²) < 4.78 is 18.5. The van der Waals surface area contributed by atoms with Gasteiger partial charge < -0.3 is 23.9 Å². The lowest BCUT2D eigenvalue weighted by atomic mass is 10.1. The first-order valence-electron chi connectivity index (χ1n) is 10.5. The van der Waals surface area contributed by atoms with Crippen LogP contribution in [0.4, 0.5) is 16.3 Å². The summed E-state index contributed by atoms with van der Waals surface area (Å²) in [4.78, 5) is 34.5. The van der Waals surface area contributed by atoms with Gasteiger partial charge in [-0.2, -0.15) is 0 Å². The number of imidazole rings is 1. The zero-order valence-electron chi connectivity index (χ0n) is 17.6. The molecule has 0 unspecified atom stereocenters. The van der Waals surface area contributed by atoms with E-state index in [1.165, 1.54) is 6.92 Å². The Labute approximate surface area is 184 Å². The van der Waals surface area contributed by atoms with Crippen molar-refractivity contribution in [2.24, 2.45) is 0 Å². The normalized spacial score (nSPS) is 16.3. The van der Waals surface area contributed by atoms with Gasteiger partial charge in [-0.05, 0) is 18.2 Å². The molecule has 3 aromatic heterocycles. The number of hydrogen-bond acceptors (Lipinski definition) is 7. The van der Waals surface area contributed by atoms with Crippen molar-refractivity contribution < 1.29 is 23.8 Å². The number of aromatic nitrogens is 3. The molecule has 0 saturated carbocycles. The van der Waals surface area contributed by atoms with Crippen LogP contribution >= 0.6 is 0 Å². The minimum atomic E-state index is -0.398. The van der Waals surface area contributed by atoms with Gasteiger partial charge in [0.05, 0.1) is 26.0 Å². The predicted molar refractivity (Wildman–Crippen MR) is 116 cm³/mol. The fourth-order valence-corrected chi connectivity index (χ4v) is 3.85. The van der Waals surface area contributed by atoms with Crippen LogP contribution in [0, 0.1) is 0 Å². The third-order valence-corrected chi connectivity index (χ3v) is 5.42. The van der Waals surface area contributed by atoms with E-state index in [2.05, 4.69) is 15.3 Å². The summed E-state index contributed by atoms with van der Waals surface area (Å²) in [6, 6.07) is 5.64. The Balaban J connectivity index is 1.42. The second-order valence-corrected chi connectivity index (χ2v) is 7.73. The first kappa shape index (κ1) is 20.3. The summed E-state index contributed by atoms with van der Waals surface area (Å²) in [6.45, 7) is 3.39. The molecule has 0 aromatic carbocycles. The molecular formula is C22H23N5O5. The Morgan fingerprint density at radius 2 is 2.00 bits per heavy atom. The molecule has 2 aliphatic heterocycles. The maximum absolute atomic E-state index is 12.9. The summed E-state index contributed by atoms with van der Waals surface area (Å²) >= 11 is 0. The molecule has 10 nitrogen and oxygen atoms in total. The van der Waals surface area contributed by atoms with E-state index < -0.39 is 6.09 Å². The van der Waals surface area contributed by atoms with Gasteiger partial charge in [-0.3, -0.25) is 9.69 Å². The number of rotatable bonds is 3. The van der Waals surface area contributed by atoms with Gasteiger partial charge in [0.1, 0.15) is 24.0 Å². The zero-order chi connectivity index (χ0) is 22.1. The number of pyridine rings is 2. The van der Waals surface area contributed by atoms with E-state index in [0.717, 1.165) is 11.1 Å². The molecule has 0 atom stereocenters. The highest BCUT2D eigenvalue weighted by atomic mass is 16.6. The van der Waals surface area contributed by atoms with Gasteiger partial charge in [-0.25, -0.2) is 14.8 Å². The molecule has 166 valence electrons. The van der Waals surface area contributed by atoms with Gasteiger partial charge in [0.25, 0.3) is 0 Å². The topological polar surface area (TPSA) is 107 Å². The van der Waals surface area contributed by atoms with Gasteiger partial charge in [-0.1, -0.05) is 0 Å². The largest absolute Gasteiger partial charge is 0.474 e. The molecule has 0 radical (unpaired) electrons. The lowest BCUT2D eigenvalue weighted by molar-refractivity contribution is -0.114.